The summed E-state index contributed by atoms with van der Waals surface area (Å²) in [4.78, 5) is 0. The summed E-state index contributed by atoms with van der Waals surface area (Å²) in [6.45, 7) is 109. The molecular formula is C119H237F13N14O. The van der Waals surface area contributed by atoms with Crippen molar-refractivity contribution in [3.05, 3.63) is 0 Å². The van der Waals surface area contributed by atoms with E-state index in [9.17, 15) is 57.1 Å². The van der Waals surface area contributed by atoms with Crippen molar-refractivity contribution in [3.63, 3.8) is 0 Å². The number of hydrogen-bond donors (Lipinski definition) is 14. The zero-order chi connectivity index (χ0) is 113. The monoisotopic (exact) mass is 2130 g/mol. The number of piperidine rings is 7. The summed E-state index contributed by atoms with van der Waals surface area (Å²) in [5.74, 6) is 5.21. The maximum atomic E-state index is 14.0. The molecule has 0 bridgehead atoms. The lowest BCUT2D eigenvalue weighted by Gasteiger charge is -2.48. The van der Waals surface area contributed by atoms with Crippen molar-refractivity contribution in [2.24, 2.45) is 160 Å². The Balaban J connectivity index is 0.000000536. The Morgan fingerprint density at radius 2 is 0.769 bits per heavy atom. The van der Waals surface area contributed by atoms with Gasteiger partial charge in [0.25, 0.3) is 5.92 Å². The lowest BCUT2D eigenvalue weighted by atomic mass is 9.61. The van der Waals surface area contributed by atoms with Crippen LogP contribution in [0.25, 0.3) is 0 Å². The Morgan fingerprint density at radius 1 is 0.320 bits per heavy atom. The van der Waals surface area contributed by atoms with Crippen LogP contribution in [0.5, 0.6) is 0 Å². The number of nitrogens with one attached hydrogen (secondary N) is 14. The van der Waals surface area contributed by atoms with Gasteiger partial charge in [0.2, 0.25) is 0 Å². The van der Waals surface area contributed by atoms with Gasteiger partial charge in [-0.3, -0.25) is 0 Å². The van der Waals surface area contributed by atoms with Gasteiger partial charge in [0, 0.05) is 77.3 Å². The number of morpholine rings is 1. The molecule has 15 rings (SSSR count). The molecule has 15 fully saturated rings. The van der Waals surface area contributed by atoms with E-state index in [4.69, 9.17) is 4.74 Å². The van der Waals surface area contributed by atoms with Crippen LogP contribution in [-0.2, 0) is 4.74 Å². The predicted octanol–water partition coefficient (Wildman–Crippen LogP) is 25.8. The number of halogens is 13. The van der Waals surface area contributed by atoms with Gasteiger partial charge >= 0.3 is 12.4 Å². The second kappa shape index (κ2) is 61.2. The van der Waals surface area contributed by atoms with Crippen molar-refractivity contribution in [1.29, 1.82) is 0 Å². The molecule has 0 aromatic carbocycles. The molecule has 14 N–H and O–H groups in total. The van der Waals surface area contributed by atoms with Crippen molar-refractivity contribution in [1.82, 2.24) is 74.4 Å². The van der Waals surface area contributed by atoms with Gasteiger partial charge < -0.3 is 79.2 Å². The minimum atomic E-state index is -4.09. The van der Waals surface area contributed by atoms with Gasteiger partial charge in [-0.15, -0.1) is 0 Å². The van der Waals surface area contributed by atoms with Crippen molar-refractivity contribution in [2.75, 3.05) is 190 Å². The van der Waals surface area contributed by atoms with Gasteiger partial charge in [-0.05, 0) is 339 Å². The molecule has 0 aromatic rings. The number of hydrogen-bond acceptors (Lipinski definition) is 15. The molecule has 1 saturated carbocycles. The Bertz CT molecular complexity index is 3260. The van der Waals surface area contributed by atoms with E-state index in [1.165, 1.54) is 104 Å². The van der Waals surface area contributed by atoms with Crippen LogP contribution in [0.4, 0.5) is 57.1 Å². The molecule has 880 valence electrons. The van der Waals surface area contributed by atoms with E-state index in [0.29, 0.717) is 117 Å². The fourth-order valence-corrected chi connectivity index (χ4v) is 24.2. The van der Waals surface area contributed by atoms with Crippen molar-refractivity contribution in [3.8, 4) is 0 Å². The van der Waals surface area contributed by atoms with Gasteiger partial charge in [-0.25, -0.2) is 30.7 Å². The second-order valence-corrected chi connectivity index (χ2v) is 57.9. The lowest BCUT2D eigenvalue weighted by Crippen LogP contribution is -2.53. The Kier molecular flexibility index (Phi) is 58.9. The highest BCUT2D eigenvalue weighted by atomic mass is 19.4. The van der Waals surface area contributed by atoms with Crippen LogP contribution in [-0.4, -0.2) is 244 Å². The zero-order valence-electron chi connectivity index (χ0n) is 102. The fraction of sp³-hybridized carbons (Fsp3) is 1.00. The van der Waals surface area contributed by atoms with Gasteiger partial charge in [0.15, 0.2) is 0 Å². The van der Waals surface area contributed by atoms with Gasteiger partial charge in [-0.2, -0.15) is 26.3 Å². The maximum Gasteiger partial charge on any atom is 0.396 e. The number of fused-ring (bicyclic) bond motifs is 1. The summed E-state index contributed by atoms with van der Waals surface area (Å²) in [6.07, 6.45) is 2.66. The molecule has 15 nitrogen and oxygen atoms in total. The summed E-state index contributed by atoms with van der Waals surface area (Å²) in [7, 11) is 0. The highest BCUT2D eigenvalue weighted by Crippen LogP contribution is 2.59. The Morgan fingerprint density at radius 3 is 1.01 bits per heavy atom. The van der Waals surface area contributed by atoms with E-state index in [-0.39, 0.29) is 89.5 Å². The lowest BCUT2D eigenvalue weighted by molar-refractivity contribution is -0.266. The second-order valence-electron chi connectivity index (χ2n) is 57.9. The van der Waals surface area contributed by atoms with Gasteiger partial charge in [0.1, 0.15) is 29.3 Å². The molecular weight excluding hydrogens is 1890 g/mol. The van der Waals surface area contributed by atoms with Crippen LogP contribution in [0.3, 0.4) is 0 Å². The SMILES string of the molecule is CC(C)(C)C1(C(F)(F)F)CCNCC1.CC(C)(C)C1(C)CCNCC1.CC(C)(C)C1(F)CCNCC1.CC(C)(C)C1C2CNCC21.CC(C)(C)C1CCNCC1.CC(C)(C)C1CCNCC1(C)F.CC(C)(C)C1CNCCO1.CC(C)C1(C(F)(F)F)CCNC1.CC(C)C1(C)CCNC1.CC(C)C1(F)CCNC1.CC(C)C1CCNC1.CC(C)C1CNCC1(F)F.CC(C)C1CNCC1F.CC1CNCC(F)C1C(C)(C)C. The molecule has 147 heavy (non-hydrogen) atoms. The highest BCUT2D eigenvalue weighted by Gasteiger charge is 2.62. The molecule has 14 saturated heterocycles. The summed E-state index contributed by atoms with van der Waals surface area (Å²) in [5, 5.41) is 44.2. The number of alkyl halides is 13. The number of ether oxygens (including phenoxy) is 1. The van der Waals surface area contributed by atoms with Crippen LogP contribution in [0, 0.1) is 160 Å². The Labute approximate surface area is 895 Å². The summed E-state index contributed by atoms with van der Waals surface area (Å²) in [5.41, 5.74) is -3.62. The highest BCUT2D eigenvalue weighted by molar-refractivity contribution is 5.09. The van der Waals surface area contributed by atoms with E-state index in [1.807, 2.05) is 48.5 Å². The first kappa shape index (κ1) is 142. The van der Waals surface area contributed by atoms with Gasteiger partial charge in [-0.1, -0.05) is 270 Å². The third kappa shape index (κ3) is 46.8. The van der Waals surface area contributed by atoms with Crippen LogP contribution in [0.1, 0.15) is 360 Å². The molecule has 14 aliphatic heterocycles. The molecule has 15 unspecified atom stereocenters. The molecule has 0 spiro atoms. The van der Waals surface area contributed by atoms with E-state index in [1.54, 1.807) is 41.5 Å². The quantitative estimate of drug-likeness (QED) is 0.113. The third-order valence-corrected chi connectivity index (χ3v) is 36.9. The molecule has 1 aliphatic carbocycles. The summed E-state index contributed by atoms with van der Waals surface area (Å²) < 4.78 is 176. The van der Waals surface area contributed by atoms with Crippen LogP contribution in [0.2, 0.25) is 0 Å². The molecule has 15 aliphatic rings. The molecule has 15 atom stereocenters. The van der Waals surface area contributed by atoms with Crippen LogP contribution in [0.15, 0.2) is 0 Å². The molecule has 28 heteroatoms. The normalized spacial score (nSPS) is 31.8. The van der Waals surface area contributed by atoms with Crippen molar-refractivity contribution >= 4 is 0 Å². The molecule has 0 radical (unpaired) electrons. The van der Waals surface area contributed by atoms with Gasteiger partial charge in [0.05, 0.1) is 30.1 Å². The minimum Gasteiger partial charge on any atom is -0.375 e. The Hall–Kier alpha value is -1.51. The van der Waals surface area contributed by atoms with Crippen LogP contribution >= 0.6 is 0 Å². The average Bonchev–Trinajstić information content (AvgIpc) is 1.69. The fourth-order valence-electron chi connectivity index (χ4n) is 24.2. The first-order valence-electron chi connectivity index (χ1n) is 58.3. The first-order valence-corrected chi connectivity index (χ1v) is 58.3. The largest absolute Gasteiger partial charge is 0.396 e. The smallest absolute Gasteiger partial charge is 0.375 e. The minimum absolute atomic E-state index is 0.0741. The predicted molar refractivity (Wildman–Crippen MR) is 600 cm³/mol. The summed E-state index contributed by atoms with van der Waals surface area (Å²) in [6, 6.07) is 0. The molecule has 14 heterocycles. The topological polar surface area (TPSA) is 178 Å². The zero-order valence-corrected chi connectivity index (χ0v) is 102. The standard InChI is InChI=1S/C10H18F3N.2C10H20FN.C10H21N.C9H18FN.C9H17N.C9H19N.C8H14F3N.C8H17NO.C8H17N.C7H13F2N.2C7H14FN.C7H15N/c1-8(2,3)9(10(11,12)13)4-6-14-7-5-9;1-7-5-12-6-8(11)9(7)10(2,3)4;1-9(2,3)8-5-6-12-7-10(8,4)11;1-9(2,3)10(4)5-7-11-8-6-10;1-8(2,3)9(10)4-6-11-7-5-9;1-9(2,3)8-6-4-10-5-7(6)8;1-9(2,3)8-4-6-10-7-5-8;1-6(2)7(8(9,10)11)3-4-12-5-7;1-8(2,3)7-6-9-4-5-10-7;1-7(2)8(3)4-5-9-6-8;1-5(2)6-3-10-4-7(6,8)9;1-5(2)6-3-9-4-7(6)8;1-6(2)7(8)3-4-9-5-7;1-6(2)7-3-4-8-5-7/h14H,4-7H2,1-3H3;7-9,12H,5-6H2,1-4H3;8,12H,5-7H2,1-4H3;11H,5-8H2,1-4H3;11H,4-7H2,1-3H3;6-8,10H,4-5H2,1-3H3;8,10H,4-7H2,1-3H3;6,12H,3-5H2,1-2H3;7,9H,4-6H2,1-3H3;7,9H,4-6H2,1-3H3;5-6,10H,3-4H2,1-2H3;5-7,9H,3-4H2,1-2H3;6,9H,3-5H2,1-2H3;6-8H,3-5H2,1-2H3. The molecule has 0 aromatic heterocycles. The van der Waals surface area contributed by atoms with Crippen molar-refractivity contribution in [2.45, 2.75) is 414 Å². The van der Waals surface area contributed by atoms with E-state index >= 15 is 0 Å². The van der Waals surface area contributed by atoms with Crippen molar-refractivity contribution < 1.29 is 61.8 Å². The van der Waals surface area contributed by atoms with E-state index in [0.717, 1.165) is 107 Å². The maximum absolute atomic E-state index is 14.0. The summed E-state index contributed by atoms with van der Waals surface area (Å²) >= 11 is 0. The number of rotatable bonds is 6. The van der Waals surface area contributed by atoms with E-state index < -0.39 is 69.8 Å². The third-order valence-electron chi connectivity index (χ3n) is 36.9. The average molecular weight is 2130 g/mol. The van der Waals surface area contributed by atoms with Crippen LogP contribution < -0.4 is 74.4 Å². The first-order chi connectivity index (χ1) is 67.0. The van der Waals surface area contributed by atoms with E-state index in [2.05, 4.69) is 261 Å². The molecule has 0 amide bonds.